The summed E-state index contributed by atoms with van der Waals surface area (Å²) in [5.41, 5.74) is 0. The van der Waals surface area contributed by atoms with Crippen molar-refractivity contribution in [3.05, 3.63) is 22.7 Å². The molecule has 1 saturated heterocycles. The van der Waals surface area contributed by atoms with Crippen LogP contribution >= 0.6 is 15.9 Å². The van der Waals surface area contributed by atoms with Crippen molar-refractivity contribution in [3.8, 4) is 5.75 Å². The predicted octanol–water partition coefficient (Wildman–Crippen LogP) is 3.51. The molecular weight excluding hydrogens is 354 g/mol. The summed E-state index contributed by atoms with van der Waals surface area (Å²) in [4.78, 5) is 0.301. The standard InChI is InChI=1S/C15H22BrNO3S/c1-4-20-15-8-13(5-6-14(15)16)21(18,19)17-9-11(2)7-12(3)10-17/h5-6,8,11-12H,4,7,9-10H2,1-3H3. The summed E-state index contributed by atoms with van der Waals surface area (Å²) in [5.74, 6) is 1.35. The van der Waals surface area contributed by atoms with Gasteiger partial charge in [-0.15, -0.1) is 0 Å². The van der Waals surface area contributed by atoms with Crippen LogP contribution in [0.15, 0.2) is 27.6 Å². The molecule has 1 aromatic carbocycles. The van der Waals surface area contributed by atoms with Gasteiger partial charge in [0.2, 0.25) is 10.0 Å². The Hall–Kier alpha value is -0.590. The van der Waals surface area contributed by atoms with E-state index in [1.807, 2.05) is 6.92 Å². The lowest BCUT2D eigenvalue weighted by Crippen LogP contribution is -2.42. The van der Waals surface area contributed by atoms with E-state index in [2.05, 4.69) is 29.8 Å². The van der Waals surface area contributed by atoms with Crippen LogP contribution in [0.25, 0.3) is 0 Å². The molecule has 1 aliphatic heterocycles. The number of hydrogen-bond acceptors (Lipinski definition) is 3. The highest BCUT2D eigenvalue weighted by Gasteiger charge is 2.32. The molecule has 1 fully saturated rings. The summed E-state index contributed by atoms with van der Waals surface area (Å²) in [5, 5.41) is 0. The zero-order valence-electron chi connectivity index (χ0n) is 12.7. The van der Waals surface area contributed by atoms with Crippen LogP contribution in [0.3, 0.4) is 0 Å². The molecule has 1 aromatic rings. The van der Waals surface area contributed by atoms with E-state index in [4.69, 9.17) is 4.74 Å². The number of nitrogens with zero attached hydrogens (tertiary/aromatic N) is 1. The van der Waals surface area contributed by atoms with Crippen LogP contribution in [0.4, 0.5) is 0 Å². The summed E-state index contributed by atoms with van der Waals surface area (Å²) in [6.45, 7) is 7.76. The van der Waals surface area contributed by atoms with Crippen molar-refractivity contribution in [2.45, 2.75) is 32.1 Å². The fourth-order valence-corrected chi connectivity index (χ4v) is 4.92. The summed E-state index contributed by atoms with van der Waals surface area (Å²) in [6, 6.07) is 4.97. The lowest BCUT2D eigenvalue weighted by Gasteiger charge is -2.34. The highest BCUT2D eigenvalue weighted by molar-refractivity contribution is 9.10. The quantitative estimate of drug-likeness (QED) is 0.808. The van der Waals surface area contributed by atoms with Crippen molar-refractivity contribution in [3.63, 3.8) is 0 Å². The zero-order valence-corrected chi connectivity index (χ0v) is 15.1. The van der Waals surface area contributed by atoms with Gasteiger partial charge in [0.25, 0.3) is 0 Å². The first kappa shape index (κ1) is 16.8. The summed E-state index contributed by atoms with van der Waals surface area (Å²) >= 11 is 3.38. The smallest absolute Gasteiger partial charge is 0.243 e. The molecule has 0 aliphatic carbocycles. The third-order valence-electron chi connectivity index (χ3n) is 3.68. The van der Waals surface area contributed by atoms with Crippen LogP contribution in [0.1, 0.15) is 27.2 Å². The molecule has 4 nitrogen and oxygen atoms in total. The van der Waals surface area contributed by atoms with E-state index in [0.717, 1.165) is 10.9 Å². The van der Waals surface area contributed by atoms with Gasteiger partial charge < -0.3 is 4.74 Å². The highest BCUT2D eigenvalue weighted by atomic mass is 79.9. The van der Waals surface area contributed by atoms with Crippen LogP contribution < -0.4 is 4.74 Å². The molecule has 1 aliphatic rings. The summed E-state index contributed by atoms with van der Waals surface area (Å²) in [7, 11) is -3.45. The maximum absolute atomic E-state index is 12.8. The van der Waals surface area contributed by atoms with Crippen molar-refractivity contribution in [1.29, 1.82) is 0 Å². The third kappa shape index (κ3) is 3.79. The molecule has 0 spiro atoms. The summed E-state index contributed by atoms with van der Waals surface area (Å²) in [6.07, 6.45) is 1.08. The average Bonchev–Trinajstić information content (AvgIpc) is 2.40. The van der Waals surface area contributed by atoms with Gasteiger partial charge in [-0.3, -0.25) is 0 Å². The predicted molar refractivity (Wildman–Crippen MR) is 87.0 cm³/mol. The van der Waals surface area contributed by atoms with Gasteiger partial charge in [-0.1, -0.05) is 13.8 Å². The molecule has 2 atom stereocenters. The molecule has 0 radical (unpaired) electrons. The molecular formula is C15H22BrNO3S. The third-order valence-corrected chi connectivity index (χ3v) is 6.16. The van der Waals surface area contributed by atoms with E-state index in [1.54, 1.807) is 22.5 Å². The van der Waals surface area contributed by atoms with Crippen LogP contribution in [0, 0.1) is 11.8 Å². The minimum atomic E-state index is -3.45. The Kier molecular flexibility index (Phi) is 5.33. The topological polar surface area (TPSA) is 46.6 Å². The Balaban J connectivity index is 2.33. The van der Waals surface area contributed by atoms with Gasteiger partial charge in [0.1, 0.15) is 5.75 Å². The number of ether oxygens (including phenoxy) is 1. The lowest BCUT2D eigenvalue weighted by atomic mass is 9.94. The number of hydrogen-bond donors (Lipinski definition) is 0. The first-order chi connectivity index (χ1) is 9.84. The Morgan fingerprint density at radius 3 is 2.48 bits per heavy atom. The largest absolute Gasteiger partial charge is 0.493 e. The Morgan fingerprint density at radius 2 is 1.90 bits per heavy atom. The molecule has 1 heterocycles. The number of rotatable bonds is 4. The molecule has 21 heavy (non-hydrogen) atoms. The molecule has 118 valence electrons. The Bertz CT molecular complexity index is 593. The first-order valence-corrected chi connectivity index (χ1v) is 9.50. The zero-order chi connectivity index (χ0) is 15.6. The van der Waals surface area contributed by atoms with E-state index in [0.29, 0.717) is 42.2 Å². The molecule has 2 rings (SSSR count). The van der Waals surface area contributed by atoms with Crippen molar-refractivity contribution in [2.75, 3.05) is 19.7 Å². The van der Waals surface area contributed by atoms with Gasteiger partial charge in [-0.25, -0.2) is 8.42 Å². The normalized spacial score (nSPS) is 24.0. The maximum Gasteiger partial charge on any atom is 0.243 e. The number of piperidine rings is 1. The molecule has 2 unspecified atom stereocenters. The molecule has 0 N–H and O–H groups in total. The van der Waals surface area contributed by atoms with Gasteiger partial charge in [-0.05, 0) is 53.2 Å². The van der Waals surface area contributed by atoms with Crippen molar-refractivity contribution >= 4 is 26.0 Å². The second kappa shape index (κ2) is 6.67. The van der Waals surface area contributed by atoms with Crippen LogP contribution in [0.5, 0.6) is 5.75 Å². The first-order valence-electron chi connectivity index (χ1n) is 7.27. The van der Waals surface area contributed by atoms with Crippen molar-refractivity contribution < 1.29 is 13.2 Å². The van der Waals surface area contributed by atoms with Crippen molar-refractivity contribution in [1.82, 2.24) is 4.31 Å². The number of benzene rings is 1. The van der Waals surface area contributed by atoms with Gasteiger partial charge in [0.15, 0.2) is 0 Å². The monoisotopic (exact) mass is 375 g/mol. The summed E-state index contributed by atoms with van der Waals surface area (Å²) < 4.78 is 33.4. The average molecular weight is 376 g/mol. The fraction of sp³-hybridized carbons (Fsp3) is 0.600. The Morgan fingerprint density at radius 1 is 1.29 bits per heavy atom. The molecule has 6 heteroatoms. The van der Waals surface area contributed by atoms with Gasteiger partial charge in [0.05, 0.1) is 16.0 Å². The maximum atomic E-state index is 12.8. The van der Waals surface area contributed by atoms with Gasteiger partial charge >= 0.3 is 0 Å². The Labute approximate surface area is 135 Å². The fourth-order valence-electron chi connectivity index (χ4n) is 2.86. The molecule has 0 saturated carbocycles. The molecule has 0 aromatic heterocycles. The number of sulfonamides is 1. The highest BCUT2D eigenvalue weighted by Crippen LogP contribution is 2.31. The minimum absolute atomic E-state index is 0.301. The van der Waals surface area contributed by atoms with Crippen LogP contribution in [0.2, 0.25) is 0 Å². The number of halogens is 1. The minimum Gasteiger partial charge on any atom is -0.493 e. The molecule has 0 bridgehead atoms. The van der Waals surface area contributed by atoms with E-state index in [1.165, 1.54) is 0 Å². The van der Waals surface area contributed by atoms with E-state index < -0.39 is 10.0 Å². The van der Waals surface area contributed by atoms with Gasteiger partial charge in [-0.2, -0.15) is 4.31 Å². The lowest BCUT2D eigenvalue weighted by molar-refractivity contribution is 0.222. The van der Waals surface area contributed by atoms with E-state index in [-0.39, 0.29) is 0 Å². The second-order valence-corrected chi connectivity index (χ2v) is 8.59. The SMILES string of the molecule is CCOc1cc(S(=O)(=O)N2CC(C)CC(C)C2)ccc1Br. The van der Waals surface area contributed by atoms with E-state index >= 15 is 0 Å². The van der Waals surface area contributed by atoms with E-state index in [9.17, 15) is 8.42 Å². The second-order valence-electron chi connectivity index (χ2n) is 5.79. The van der Waals surface area contributed by atoms with Crippen LogP contribution in [-0.4, -0.2) is 32.4 Å². The van der Waals surface area contributed by atoms with Crippen molar-refractivity contribution in [2.24, 2.45) is 11.8 Å². The van der Waals surface area contributed by atoms with Gasteiger partial charge in [0, 0.05) is 19.2 Å². The van der Waals surface area contributed by atoms with Crippen LogP contribution in [-0.2, 0) is 10.0 Å². The molecule has 0 amide bonds.